The first kappa shape index (κ1) is 14.5. The summed E-state index contributed by atoms with van der Waals surface area (Å²) in [4.78, 5) is 14.8. The number of hydrogen-bond donors (Lipinski definition) is 1. The van der Waals surface area contributed by atoms with Gasteiger partial charge in [-0.15, -0.1) is 5.10 Å². The van der Waals surface area contributed by atoms with Crippen molar-refractivity contribution >= 4 is 5.91 Å². The van der Waals surface area contributed by atoms with E-state index in [1.165, 1.54) is 6.42 Å². The highest BCUT2D eigenvalue weighted by Crippen LogP contribution is 2.52. The molecule has 1 aromatic rings. The third-order valence-electron chi connectivity index (χ3n) is 4.79. The number of rotatable bonds is 3. The fraction of sp³-hybridized carbons (Fsp3) is 0.800. The summed E-state index contributed by atoms with van der Waals surface area (Å²) in [6, 6.07) is 0.339. The van der Waals surface area contributed by atoms with Gasteiger partial charge in [0.15, 0.2) is 5.69 Å². The molecule has 2 N–H and O–H groups in total. The summed E-state index contributed by atoms with van der Waals surface area (Å²) in [5, 5.41) is 7.99. The molecule has 2 bridgehead atoms. The summed E-state index contributed by atoms with van der Waals surface area (Å²) in [6.45, 7) is 8.85. The second-order valence-corrected chi connectivity index (χ2v) is 7.80. The first-order chi connectivity index (χ1) is 9.82. The van der Waals surface area contributed by atoms with E-state index in [0.29, 0.717) is 30.2 Å². The number of aromatic nitrogens is 3. The molecule has 0 spiro atoms. The Labute approximate surface area is 125 Å². The number of fused-ring (bicyclic) bond motifs is 2. The van der Waals surface area contributed by atoms with Crippen molar-refractivity contribution in [2.24, 2.45) is 16.6 Å². The Hall–Kier alpha value is -1.43. The molecule has 6 heteroatoms. The standard InChI is InChI=1S/C15H25N5O/c1-14(2)6-11-7-15(3,9-14)10-20(11)13(21)12-8-19(5-4-16)18-17-12/h8,11H,4-7,9-10,16H2,1-3H3. The van der Waals surface area contributed by atoms with Gasteiger partial charge in [-0.25, -0.2) is 0 Å². The number of hydrogen-bond acceptors (Lipinski definition) is 4. The van der Waals surface area contributed by atoms with E-state index in [2.05, 4.69) is 31.1 Å². The van der Waals surface area contributed by atoms with Crippen molar-refractivity contribution in [2.45, 2.75) is 52.6 Å². The average Bonchev–Trinajstić information content (AvgIpc) is 2.90. The van der Waals surface area contributed by atoms with Crippen molar-refractivity contribution in [1.82, 2.24) is 19.9 Å². The van der Waals surface area contributed by atoms with Crippen LogP contribution in [0.4, 0.5) is 0 Å². The molecule has 2 heterocycles. The summed E-state index contributed by atoms with van der Waals surface area (Å²) in [5.41, 5.74) is 6.50. The molecular weight excluding hydrogens is 266 g/mol. The van der Waals surface area contributed by atoms with Crippen LogP contribution in [0.5, 0.6) is 0 Å². The lowest BCUT2D eigenvalue weighted by molar-refractivity contribution is 0.0702. The Kier molecular flexibility index (Phi) is 3.31. The number of carbonyl (C=O) groups excluding carboxylic acids is 1. The predicted octanol–water partition coefficient (Wildman–Crippen LogP) is 1.28. The van der Waals surface area contributed by atoms with Crippen molar-refractivity contribution in [3.63, 3.8) is 0 Å². The highest BCUT2D eigenvalue weighted by atomic mass is 16.2. The first-order valence-electron chi connectivity index (χ1n) is 7.73. The molecule has 1 aromatic heterocycles. The number of nitrogens with two attached hydrogens (primary N) is 1. The Bertz CT molecular complexity index is 552. The second-order valence-electron chi connectivity index (χ2n) is 7.80. The molecule has 1 saturated heterocycles. The van der Waals surface area contributed by atoms with Crippen LogP contribution in [-0.2, 0) is 6.54 Å². The predicted molar refractivity (Wildman–Crippen MR) is 79.6 cm³/mol. The molecule has 116 valence electrons. The largest absolute Gasteiger partial charge is 0.334 e. The minimum atomic E-state index is 0.0182. The summed E-state index contributed by atoms with van der Waals surface area (Å²) >= 11 is 0. The number of carbonyl (C=O) groups is 1. The van der Waals surface area contributed by atoms with Crippen LogP contribution in [0, 0.1) is 10.8 Å². The van der Waals surface area contributed by atoms with Gasteiger partial charge < -0.3 is 10.6 Å². The summed E-state index contributed by atoms with van der Waals surface area (Å²) < 4.78 is 1.64. The van der Waals surface area contributed by atoms with Gasteiger partial charge in [0.1, 0.15) is 0 Å². The maximum absolute atomic E-state index is 12.7. The van der Waals surface area contributed by atoms with Gasteiger partial charge in [-0.3, -0.25) is 9.48 Å². The van der Waals surface area contributed by atoms with Crippen molar-refractivity contribution in [3.05, 3.63) is 11.9 Å². The fourth-order valence-electron chi connectivity index (χ4n) is 4.48. The molecule has 2 fully saturated rings. The average molecular weight is 291 g/mol. The maximum Gasteiger partial charge on any atom is 0.276 e. The van der Waals surface area contributed by atoms with Crippen LogP contribution >= 0.6 is 0 Å². The lowest BCUT2D eigenvalue weighted by atomic mass is 9.65. The molecule has 3 rings (SSSR count). The quantitative estimate of drug-likeness (QED) is 0.910. The van der Waals surface area contributed by atoms with E-state index in [-0.39, 0.29) is 11.3 Å². The minimum absolute atomic E-state index is 0.0182. The zero-order valence-corrected chi connectivity index (χ0v) is 13.2. The van der Waals surface area contributed by atoms with Gasteiger partial charge in [-0.2, -0.15) is 0 Å². The highest BCUT2D eigenvalue weighted by molar-refractivity contribution is 5.92. The van der Waals surface area contributed by atoms with Crippen LogP contribution in [-0.4, -0.2) is 44.9 Å². The van der Waals surface area contributed by atoms with E-state index in [0.717, 1.165) is 19.4 Å². The van der Waals surface area contributed by atoms with Gasteiger partial charge in [0, 0.05) is 19.1 Å². The van der Waals surface area contributed by atoms with E-state index in [4.69, 9.17) is 5.73 Å². The Morgan fingerprint density at radius 1 is 1.43 bits per heavy atom. The van der Waals surface area contributed by atoms with Crippen molar-refractivity contribution in [1.29, 1.82) is 0 Å². The molecule has 2 aliphatic rings. The minimum Gasteiger partial charge on any atom is -0.334 e. The van der Waals surface area contributed by atoms with Gasteiger partial charge in [0.05, 0.1) is 12.7 Å². The van der Waals surface area contributed by atoms with Gasteiger partial charge in [-0.05, 0) is 30.1 Å². The zero-order valence-electron chi connectivity index (χ0n) is 13.2. The van der Waals surface area contributed by atoms with Crippen molar-refractivity contribution < 1.29 is 4.79 Å². The van der Waals surface area contributed by atoms with Gasteiger partial charge in [-0.1, -0.05) is 26.0 Å². The SMILES string of the molecule is CC1(C)CC2CC(C)(CN2C(=O)c2cn(CCN)nn2)C1. The monoisotopic (exact) mass is 291 g/mol. The number of nitrogens with zero attached hydrogens (tertiary/aromatic N) is 4. The summed E-state index contributed by atoms with van der Waals surface area (Å²) in [6.07, 6.45) is 5.08. The Morgan fingerprint density at radius 3 is 2.90 bits per heavy atom. The lowest BCUT2D eigenvalue weighted by Crippen LogP contribution is -2.37. The lowest BCUT2D eigenvalue weighted by Gasteiger charge is -2.39. The maximum atomic E-state index is 12.7. The molecule has 0 aromatic carbocycles. The molecule has 6 nitrogen and oxygen atoms in total. The van der Waals surface area contributed by atoms with E-state index in [1.807, 2.05) is 4.90 Å². The molecule has 1 aliphatic carbocycles. The molecule has 1 amide bonds. The van der Waals surface area contributed by atoms with E-state index >= 15 is 0 Å². The van der Waals surface area contributed by atoms with Crippen LogP contribution in [0.1, 0.15) is 50.5 Å². The summed E-state index contributed by atoms with van der Waals surface area (Å²) in [5.74, 6) is 0.0182. The third kappa shape index (κ3) is 2.69. The second kappa shape index (κ2) is 4.80. The van der Waals surface area contributed by atoms with Gasteiger partial charge in [0.2, 0.25) is 0 Å². The molecule has 21 heavy (non-hydrogen) atoms. The van der Waals surface area contributed by atoms with E-state index in [1.54, 1.807) is 10.9 Å². The van der Waals surface area contributed by atoms with Crippen molar-refractivity contribution in [3.8, 4) is 0 Å². The van der Waals surface area contributed by atoms with Gasteiger partial charge in [0.25, 0.3) is 5.91 Å². The molecule has 2 atom stereocenters. The normalized spacial score (nSPS) is 30.7. The fourth-order valence-corrected chi connectivity index (χ4v) is 4.48. The molecule has 0 radical (unpaired) electrons. The van der Waals surface area contributed by atoms with Crippen LogP contribution in [0.15, 0.2) is 6.20 Å². The molecule has 1 aliphatic heterocycles. The number of likely N-dealkylation sites (tertiary alicyclic amines) is 1. The van der Waals surface area contributed by atoms with Crippen LogP contribution in [0.3, 0.4) is 0 Å². The van der Waals surface area contributed by atoms with Gasteiger partial charge >= 0.3 is 0 Å². The third-order valence-corrected chi connectivity index (χ3v) is 4.79. The van der Waals surface area contributed by atoms with E-state index < -0.39 is 0 Å². The van der Waals surface area contributed by atoms with Crippen LogP contribution in [0.2, 0.25) is 0 Å². The molecule has 1 saturated carbocycles. The van der Waals surface area contributed by atoms with Crippen LogP contribution in [0.25, 0.3) is 0 Å². The van der Waals surface area contributed by atoms with E-state index in [9.17, 15) is 4.79 Å². The Balaban J connectivity index is 1.79. The number of amides is 1. The van der Waals surface area contributed by atoms with Crippen molar-refractivity contribution in [2.75, 3.05) is 13.1 Å². The first-order valence-corrected chi connectivity index (χ1v) is 7.73. The Morgan fingerprint density at radius 2 is 2.19 bits per heavy atom. The topological polar surface area (TPSA) is 77.0 Å². The summed E-state index contributed by atoms with van der Waals surface area (Å²) in [7, 11) is 0. The molecular formula is C15H25N5O. The highest BCUT2D eigenvalue weighted by Gasteiger charge is 2.51. The zero-order chi connectivity index (χ0) is 15.3. The van der Waals surface area contributed by atoms with Crippen LogP contribution < -0.4 is 5.73 Å². The molecule has 2 unspecified atom stereocenters. The smallest absolute Gasteiger partial charge is 0.276 e.